The summed E-state index contributed by atoms with van der Waals surface area (Å²) in [6.07, 6.45) is 1.49. The minimum Gasteiger partial charge on any atom is -0.489 e. The van der Waals surface area contributed by atoms with Crippen LogP contribution in [0.4, 0.5) is 5.69 Å². The van der Waals surface area contributed by atoms with Crippen molar-refractivity contribution in [2.45, 2.75) is 6.61 Å². The Morgan fingerprint density at radius 1 is 1.04 bits per heavy atom. The number of benzene rings is 2. The van der Waals surface area contributed by atoms with Crippen LogP contribution in [-0.2, 0) is 6.61 Å². The molecule has 0 spiro atoms. The summed E-state index contributed by atoms with van der Waals surface area (Å²) < 4.78 is 11.9. The second-order valence-corrected chi connectivity index (χ2v) is 5.75. The van der Waals surface area contributed by atoms with E-state index in [1.165, 1.54) is 6.26 Å². The van der Waals surface area contributed by atoms with Crippen molar-refractivity contribution < 1.29 is 13.9 Å². The van der Waals surface area contributed by atoms with E-state index in [4.69, 9.17) is 9.15 Å². The molecule has 3 aromatic rings. The zero-order valence-electron chi connectivity index (χ0n) is 12.2. The molecule has 1 amide bonds. The zero-order chi connectivity index (χ0) is 16.1. The fourth-order valence-electron chi connectivity index (χ4n) is 2.05. The Morgan fingerprint density at radius 3 is 2.52 bits per heavy atom. The van der Waals surface area contributed by atoms with E-state index in [2.05, 4.69) is 21.2 Å². The molecular formula is C18H14BrNO3. The molecule has 0 fully saturated rings. The summed E-state index contributed by atoms with van der Waals surface area (Å²) in [5, 5.41) is 2.80. The van der Waals surface area contributed by atoms with Crippen LogP contribution < -0.4 is 10.1 Å². The summed E-state index contributed by atoms with van der Waals surface area (Å²) >= 11 is 3.36. The van der Waals surface area contributed by atoms with Crippen LogP contribution in [0.1, 0.15) is 16.1 Å². The maximum Gasteiger partial charge on any atom is 0.291 e. The molecule has 23 heavy (non-hydrogen) atoms. The average molecular weight is 372 g/mol. The second kappa shape index (κ2) is 7.15. The summed E-state index contributed by atoms with van der Waals surface area (Å²) in [5.41, 5.74) is 1.40. The first-order valence-corrected chi connectivity index (χ1v) is 7.83. The molecule has 0 saturated carbocycles. The van der Waals surface area contributed by atoms with E-state index in [0.29, 0.717) is 11.3 Å². The molecule has 0 unspecified atom stereocenters. The molecule has 3 rings (SSSR count). The molecule has 0 aliphatic rings. The molecule has 0 aliphatic heterocycles. The smallest absolute Gasteiger partial charge is 0.291 e. The van der Waals surface area contributed by atoms with E-state index in [1.807, 2.05) is 54.6 Å². The highest BCUT2D eigenvalue weighted by molar-refractivity contribution is 9.10. The molecule has 0 radical (unpaired) electrons. The summed E-state index contributed by atoms with van der Waals surface area (Å²) in [6, 6.07) is 18.5. The minimum absolute atomic E-state index is 0.254. The highest BCUT2D eigenvalue weighted by Crippen LogP contribution is 2.19. The summed E-state index contributed by atoms with van der Waals surface area (Å²) in [7, 11) is 0. The number of anilines is 1. The Balaban J connectivity index is 1.67. The first-order chi connectivity index (χ1) is 11.2. The van der Waals surface area contributed by atoms with Gasteiger partial charge in [-0.2, -0.15) is 0 Å². The van der Waals surface area contributed by atoms with Gasteiger partial charge in [0.15, 0.2) is 5.76 Å². The number of carbonyl (C=O) groups excluding carboxylic acids is 1. The third-order valence-corrected chi connectivity index (χ3v) is 3.72. The quantitative estimate of drug-likeness (QED) is 0.695. The van der Waals surface area contributed by atoms with Gasteiger partial charge in [0, 0.05) is 15.7 Å². The molecule has 0 atom stereocenters. The van der Waals surface area contributed by atoms with Crippen LogP contribution in [0.5, 0.6) is 5.75 Å². The van der Waals surface area contributed by atoms with Gasteiger partial charge in [-0.3, -0.25) is 4.79 Å². The number of hydrogen-bond donors (Lipinski definition) is 1. The van der Waals surface area contributed by atoms with E-state index < -0.39 is 0 Å². The van der Waals surface area contributed by atoms with Crippen molar-refractivity contribution in [1.82, 2.24) is 0 Å². The highest BCUT2D eigenvalue weighted by atomic mass is 79.9. The van der Waals surface area contributed by atoms with Crippen LogP contribution in [0.3, 0.4) is 0 Å². The average Bonchev–Trinajstić information content (AvgIpc) is 3.05. The van der Waals surface area contributed by atoms with Crippen molar-refractivity contribution in [1.29, 1.82) is 0 Å². The number of para-hydroxylation sites is 1. The van der Waals surface area contributed by atoms with Gasteiger partial charge in [-0.05, 0) is 42.5 Å². The van der Waals surface area contributed by atoms with E-state index in [0.717, 1.165) is 10.2 Å². The van der Waals surface area contributed by atoms with E-state index in [-0.39, 0.29) is 18.3 Å². The topological polar surface area (TPSA) is 51.5 Å². The Hall–Kier alpha value is -2.53. The van der Waals surface area contributed by atoms with Crippen molar-refractivity contribution in [2.24, 2.45) is 0 Å². The van der Waals surface area contributed by atoms with Gasteiger partial charge in [-0.1, -0.05) is 34.1 Å². The highest BCUT2D eigenvalue weighted by Gasteiger charge is 2.16. The lowest BCUT2D eigenvalue weighted by Gasteiger charge is -2.07. The number of carbonyl (C=O) groups is 1. The van der Waals surface area contributed by atoms with Gasteiger partial charge < -0.3 is 14.5 Å². The first-order valence-electron chi connectivity index (χ1n) is 7.03. The third-order valence-electron chi connectivity index (χ3n) is 3.19. The number of hydrogen-bond acceptors (Lipinski definition) is 3. The molecule has 116 valence electrons. The van der Waals surface area contributed by atoms with Crippen LogP contribution in [0.2, 0.25) is 0 Å². The molecule has 4 nitrogen and oxygen atoms in total. The Labute approximate surface area is 142 Å². The van der Waals surface area contributed by atoms with Crippen LogP contribution in [0, 0.1) is 0 Å². The molecule has 1 aromatic heterocycles. The van der Waals surface area contributed by atoms with Gasteiger partial charge in [-0.25, -0.2) is 0 Å². The van der Waals surface area contributed by atoms with Gasteiger partial charge >= 0.3 is 0 Å². The number of halogens is 1. The molecule has 0 bridgehead atoms. The molecule has 2 aromatic carbocycles. The predicted molar refractivity (Wildman–Crippen MR) is 91.6 cm³/mol. The largest absolute Gasteiger partial charge is 0.489 e. The first kappa shape index (κ1) is 15.4. The molecule has 0 saturated heterocycles. The van der Waals surface area contributed by atoms with Crippen molar-refractivity contribution in [3.63, 3.8) is 0 Å². The Bertz CT molecular complexity index is 782. The number of ether oxygens (including phenoxy) is 1. The number of rotatable bonds is 5. The fraction of sp³-hybridized carbons (Fsp3) is 0.0556. The van der Waals surface area contributed by atoms with Crippen molar-refractivity contribution >= 4 is 27.5 Å². The standard InChI is InChI=1S/C18H14BrNO3/c19-14-6-8-15(9-7-14)20-18(21)17-13(10-11-22-17)12-23-16-4-2-1-3-5-16/h1-11H,12H2,(H,20,21). The number of furan rings is 1. The minimum atomic E-state index is -0.302. The van der Waals surface area contributed by atoms with E-state index in [1.54, 1.807) is 6.07 Å². The second-order valence-electron chi connectivity index (χ2n) is 4.84. The van der Waals surface area contributed by atoms with Gasteiger partial charge in [-0.15, -0.1) is 0 Å². The lowest BCUT2D eigenvalue weighted by Crippen LogP contribution is -2.13. The van der Waals surface area contributed by atoms with Crippen molar-refractivity contribution in [3.8, 4) is 5.75 Å². The Morgan fingerprint density at radius 2 is 1.78 bits per heavy atom. The zero-order valence-corrected chi connectivity index (χ0v) is 13.7. The van der Waals surface area contributed by atoms with Gasteiger partial charge in [0.05, 0.1) is 6.26 Å². The molecular weight excluding hydrogens is 358 g/mol. The lowest BCUT2D eigenvalue weighted by atomic mass is 10.2. The third kappa shape index (κ3) is 4.02. The number of amides is 1. The molecule has 5 heteroatoms. The predicted octanol–water partition coefficient (Wildman–Crippen LogP) is 4.87. The lowest BCUT2D eigenvalue weighted by molar-refractivity contribution is 0.0993. The molecule has 1 N–H and O–H groups in total. The summed E-state index contributed by atoms with van der Waals surface area (Å²) in [4.78, 5) is 12.3. The monoisotopic (exact) mass is 371 g/mol. The summed E-state index contributed by atoms with van der Waals surface area (Å²) in [5.74, 6) is 0.695. The maximum absolute atomic E-state index is 12.3. The molecule has 0 aliphatic carbocycles. The van der Waals surface area contributed by atoms with Crippen molar-refractivity contribution in [2.75, 3.05) is 5.32 Å². The van der Waals surface area contributed by atoms with Gasteiger partial charge in [0.2, 0.25) is 0 Å². The fourth-order valence-corrected chi connectivity index (χ4v) is 2.31. The van der Waals surface area contributed by atoms with Crippen LogP contribution in [0.15, 0.2) is 75.8 Å². The van der Waals surface area contributed by atoms with Gasteiger partial charge in [0.25, 0.3) is 5.91 Å². The van der Waals surface area contributed by atoms with E-state index in [9.17, 15) is 4.79 Å². The van der Waals surface area contributed by atoms with E-state index >= 15 is 0 Å². The van der Waals surface area contributed by atoms with Crippen molar-refractivity contribution in [3.05, 3.63) is 82.7 Å². The summed E-state index contributed by atoms with van der Waals surface area (Å²) in [6.45, 7) is 0.267. The molecule has 1 heterocycles. The van der Waals surface area contributed by atoms with Crippen LogP contribution in [0.25, 0.3) is 0 Å². The number of nitrogens with one attached hydrogen (secondary N) is 1. The normalized spacial score (nSPS) is 10.3. The Kier molecular flexibility index (Phi) is 4.78. The van der Waals surface area contributed by atoms with Crippen LogP contribution in [-0.4, -0.2) is 5.91 Å². The van der Waals surface area contributed by atoms with Crippen LogP contribution >= 0.6 is 15.9 Å². The maximum atomic E-state index is 12.3. The van der Waals surface area contributed by atoms with Gasteiger partial charge in [0.1, 0.15) is 12.4 Å². The SMILES string of the molecule is O=C(Nc1ccc(Br)cc1)c1occc1COc1ccccc1.